The van der Waals surface area contributed by atoms with Gasteiger partial charge in [0.15, 0.2) is 0 Å². The average molecular weight is 368 g/mol. The SMILES string of the molecule is O=C(CCC(F)(F)F)O[C@H](/C=C/c1ccccc1)CCCC(F)(F)F. The van der Waals surface area contributed by atoms with Crippen LogP contribution in [0.25, 0.3) is 6.08 Å². The Morgan fingerprint density at radius 2 is 1.60 bits per heavy atom. The van der Waals surface area contributed by atoms with Gasteiger partial charge in [0.1, 0.15) is 6.10 Å². The lowest BCUT2D eigenvalue weighted by Gasteiger charge is -2.15. The van der Waals surface area contributed by atoms with Gasteiger partial charge in [-0.25, -0.2) is 0 Å². The van der Waals surface area contributed by atoms with E-state index >= 15 is 0 Å². The Hall–Kier alpha value is -1.99. The van der Waals surface area contributed by atoms with Gasteiger partial charge in [0.2, 0.25) is 0 Å². The molecular weight excluding hydrogens is 350 g/mol. The fourth-order valence-corrected chi connectivity index (χ4v) is 1.95. The molecule has 0 bridgehead atoms. The molecule has 0 fully saturated rings. The number of esters is 1. The zero-order valence-corrected chi connectivity index (χ0v) is 13.2. The van der Waals surface area contributed by atoms with Crippen LogP contribution in [0.15, 0.2) is 36.4 Å². The summed E-state index contributed by atoms with van der Waals surface area (Å²) >= 11 is 0. The number of halogens is 6. The van der Waals surface area contributed by atoms with Gasteiger partial charge in [-0.1, -0.05) is 36.4 Å². The Kier molecular flexibility index (Phi) is 7.99. The molecule has 0 unspecified atom stereocenters. The summed E-state index contributed by atoms with van der Waals surface area (Å²) in [6.07, 6.45) is -10.6. The molecule has 1 atom stereocenters. The maximum absolute atomic E-state index is 12.2. The maximum Gasteiger partial charge on any atom is 0.389 e. The van der Waals surface area contributed by atoms with Crippen LogP contribution >= 0.6 is 0 Å². The molecule has 25 heavy (non-hydrogen) atoms. The number of rotatable bonds is 8. The van der Waals surface area contributed by atoms with Crippen LogP contribution < -0.4 is 0 Å². The smallest absolute Gasteiger partial charge is 0.389 e. The predicted octanol–water partition coefficient (Wildman–Crippen LogP) is 5.69. The van der Waals surface area contributed by atoms with E-state index in [0.717, 1.165) is 5.56 Å². The van der Waals surface area contributed by atoms with Gasteiger partial charge in [-0.3, -0.25) is 4.79 Å². The third-order valence-corrected chi connectivity index (χ3v) is 3.15. The monoisotopic (exact) mass is 368 g/mol. The van der Waals surface area contributed by atoms with E-state index in [2.05, 4.69) is 0 Å². The van der Waals surface area contributed by atoms with Crippen molar-refractivity contribution >= 4 is 12.0 Å². The molecule has 0 heterocycles. The molecule has 1 rings (SSSR count). The van der Waals surface area contributed by atoms with E-state index in [-0.39, 0.29) is 12.8 Å². The van der Waals surface area contributed by atoms with Crippen LogP contribution in [0.2, 0.25) is 0 Å². The van der Waals surface area contributed by atoms with Gasteiger partial charge < -0.3 is 4.74 Å². The Morgan fingerprint density at radius 3 is 2.16 bits per heavy atom. The highest BCUT2D eigenvalue weighted by Gasteiger charge is 2.29. The molecule has 0 saturated carbocycles. The molecule has 0 aliphatic heterocycles. The predicted molar refractivity (Wildman–Crippen MR) is 80.6 cm³/mol. The van der Waals surface area contributed by atoms with Crippen molar-refractivity contribution in [3.63, 3.8) is 0 Å². The second-order valence-electron chi connectivity index (χ2n) is 5.42. The fourth-order valence-electron chi connectivity index (χ4n) is 1.95. The molecule has 0 aliphatic rings. The summed E-state index contributed by atoms with van der Waals surface area (Å²) < 4.78 is 77.9. The fraction of sp³-hybridized carbons (Fsp3) is 0.471. The van der Waals surface area contributed by atoms with Crippen LogP contribution in [0.3, 0.4) is 0 Å². The summed E-state index contributed by atoms with van der Waals surface area (Å²) in [7, 11) is 0. The first-order valence-corrected chi connectivity index (χ1v) is 7.61. The standard InChI is InChI=1S/C17H18F6O2/c18-16(19,20)11-4-7-14(9-8-13-5-2-1-3-6-13)25-15(24)10-12-17(21,22)23/h1-3,5-6,8-9,14H,4,7,10-12H2/b9-8+/t14-/m0/s1. The number of hydrogen-bond donors (Lipinski definition) is 0. The molecular formula is C17H18F6O2. The summed E-state index contributed by atoms with van der Waals surface area (Å²) in [5.74, 6) is -1.09. The summed E-state index contributed by atoms with van der Waals surface area (Å²) in [5.41, 5.74) is 0.731. The average Bonchev–Trinajstić information content (AvgIpc) is 2.49. The van der Waals surface area contributed by atoms with Gasteiger partial charge in [0, 0.05) is 6.42 Å². The molecule has 8 heteroatoms. The number of carbonyl (C=O) groups is 1. The van der Waals surface area contributed by atoms with Gasteiger partial charge in [-0.05, 0) is 24.5 Å². The van der Waals surface area contributed by atoms with Crippen molar-refractivity contribution in [1.29, 1.82) is 0 Å². The first-order chi connectivity index (χ1) is 11.6. The molecule has 1 aromatic rings. The van der Waals surface area contributed by atoms with Crippen molar-refractivity contribution in [3.05, 3.63) is 42.0 Å². The Morgan fingerprint density at radius 1 is 1.00 bits per heavy atom. The molecule has 0 spiro atoms. The minimum absolute atomic E-state index is 0.124. The van der Waals surface area contributed by atoms with E-state index in [1.807, 2.05) is 0 Å². The van der Waals surface area contributed by atoms with Gasteiger partial charge >= 0.3 is 18.3 Å². The summed E-state index contributed by atoms with van der Waals surface area (Å²) in [6.45, 7) is 0. The highest BCUT2D eigenvalue weighted by molar-refractivity contribution is 5.70. The molecule has 1 aromatic carbocycles. The van der Waals surface area contributed by atoms with Crippen molar-refractivity contribution in [3.8, 4) is 0 Å². The first kappa shape index (κ1) is 21.1. The number of hydrogen-bond acceptors (Lipinski definition) is 2. The zero-order chi connectivity index (χ0) is 18.9. The maximum atomic E-state index is 12.2. The van der Waals surface area contributed by atoms with E-state index < -0.39 is 43.7 Å². The largest absolute Gasteiger partial charge is 0.458 e. The number of carbonyl (C=O) groups excluding carboxylic acids is 1. The van der Waals surface area contributed by atoms with Crippen LogP contribution in [-0.2, 0) is 9.53 Å². The molecule has 140 valence electrons. The molecule has 0 N–H and O–H groups in total. The first-order valence-electron chi connectivity index (χ1n) is 7.61. The third-order valence-electron chi connectivity index (χ3n) is 3.15. The highest BCUT2D eigenvalue weighted by Crippen LogP contribution is 2.25. The van der Waals surface area contributed by atoms with Crippen LogP contribution in [0.4, 0.5) is 26.3 Å². The lowest BCUT2D eigenvalue weighted by Crippen LogP contribution is -2.19. The van der Waals surface area contributed by atoms with Gasteiger partial charge in [-0.15, -0.1) is 0 Å². The minimum atomic E-state index is -4.50. The van der Waals surface area contributed by atoms with E-state index in [9.17, 15) is 31.1 Å². The van der Waals surface area contributed by atoms with Crippen molar-refractivity contribution in [2.24, 2.45) is 0 Å². The lowest BCUT2D eigenvalue weighted by molar-refractivity contribution is -0.160. The minimum Gasteiger partial charge on any atom is -0.458 e. The molecule has 0 aromatic heterocycles. The lowest BCUT2D eigenvalue weighted by atomic mass is 10.1. The molecule has 2 nitrogen and oxygen atoms in total. The van der Waals surface area contributed by atoms with Crippen LogP contribution in [0.5, 0.6) is 0 Å². The van der Waals surface area contributed by atoms with E-state index in [4.69, 9.17) is 4.74 Å². The molecule has 0 saturated heterocycles. The normalized spacial score (nSPS) is 13.8. The number of benzene rings is 1. The summed E-state index contributed by atoms with van der Waals surface area (Å²) in [5, 5.41) is 0. The number of ether oxygens (including phenoxy) is 1. The van der Waals surface area contributed by atoms with E-state index in [1.165, 1.54) is 6.08 Å². The van der Waals surface area contributed by atoms with E-state index in [1.54, 1.807) is 36.4 Å². The van der Waals surface area contributed by atoms with Crippen molar-refractivity contribution in [1.82, 2.24) is 0 Å². The summed E-state index contributed by atoms with van der Waals surface area (Å²) in [6, 6.07) is 8.72. The van der Waals surface area contributed by atoms with Crippen LogP contribution in [0, 0.1) is 0 Å². The van der Waals surface area contributed by atoms with Crippen molar-refractivity contribution in [2.75, 3.05) is 0 Å². The topological polar surface area (TPSA) is 26.3 Å². The quantitative estimate of drug-likeness (QED) is 0.435. The summed E-state index contributed by atoms with van der Waals surface area (Å²) in [4.78, 5) is 11.5. The highest BCUT2D eigenvalue weighted by atomic mass is 19.4. The molecule has 0 amide bonds. The molecule has 0 aliphatic carbocycles. The van der Waals surface area contributed by atoms with Crippen molar-refractivity contribution in [2.45, 2.75) is 50.6 Å². The van der Waals surface area contributed by atoms with E-state index in [0.29, 0.717) is 0 Å². The van der Waals surface area contributed by atoms with Crippen LogP contribution in [0.1, 0.15) is 37.7 Å². The third kappa shape index (κ3) is 11.2. The second kappa shape index (κ2) is 9.48. The Bertz CT molecular complexity index is 548. The zero-order valence-electron chi connectivity index (χ0n) is 13.2. The second-order valence-corrected chi connectivity index (χ2v) is 5.42. The molecule has 0 radical (unpaired) electrons. The van der Waals surface area contributed by atoms with Gasteiger partial charge in [0.25, 0.3) is 0 Å². The Labute approximate surface area is 141 Å². The number of alkyl halides is 6. The Balaban J connectivity index is 2.63. The van der Waals surface area contributed by atoms with Crippen molar-refractivity contribution < 1.29 is 35.9 Å². The van der Waals surface area contributed by atoms with Crippen LogP contribution in [-0.4, -0.2) is 24.4 Å². The van der Waals surface area contributed by atoms with Gasteiger partial charge in [-0.2, -0.15) is 26.3 Å². The van der Waals surface area contributed by atoms with Gasteiger partial charge in [0.05, 0.1) is 12.8 Å².